The minimum atomic E-state index is -1.23. The molecule has 3 N–H and O–H groups in total. The van der Waals surface area contributed by atoms with Crippen LogP contribution < -0.4 is 15.4 Å². The maximum Gasteiger partial charge on any atom is 0.326 e. The summed E-state index contributed by atoms with van der Waals surface area (Å²) in [5.74, 6) is -0.644. The summed E-state index contributed by atoms with van der Waals surface area (Å²) in [6.45, 7) is -0.0443. The second-order valence-corrected chi connectivity index (χ2v) is 11.1. The fraction of sp³-hybridized carbons (Fsp3) is 0.464. The van der Waals surface area contributed by atoms with Gasteiger partial charge in [-0.15, -0.1) is 0 Å². The number of hydrogen-bond acceptors (Lipinski definition) is 6. The average Bonchev–Trinajstić information content (AvgIpc) is 3.66. The number of carbonyl (C=O) groups is 3. The first-order chi connectivity index (χ1) is 18.8. The fourth-order valence-electron chi connectivity index (χ4n) is 5.71. The molecule has 2 aliphatic carbocycles. The van der Waals surface area contributed by atoms with E-state index in [9.17, 15) is 19.5 Å². The number of ether oxygens (including phenoxy) is 3. The Morgan fingerprint density at radius 3 is 2.28 bits per heavy atom. The lowest BCUT2D eigenvalue weighted by molar-refractivity contribution is -0.144. The molecule has 3 fully saturated rings. The highest BCUT2D eigenvalue weighted by Gasteiger charge is 2.45. The number of carbonyl (C=O) groups excluding carboxylic acids is 2. The van der Waals surface area contributed by atoms with Crippen molar-refractivity contribution in [3.05, 3.63) is 63.6 Å². The SMILES string of the molecule is O=C(O)C(Cc1ccc(OCc2c(Cl)cccc2Cl)cc1)NC(=O)[C@@H]1OCO[C@H]1C(=O)NC1CC2CCC1C2. The zero-order valence-electron chi connectivity index (χ0n) is 21.1. The maximum absolute atomic E-state index is 13.0. The molecule has 11 heteroatoms. The number of halogens is 2. The van der Waals surface area contributed by atoms with Gasteiger partial charge in [0.25, 0.3) is 11.8 Å². The number of nitrogens with one attached hydrogen (secondary N) is 2. The number of aliphatic carboxylic acids is 1. The van der Waals surface area contributed by atoms with Gasteiger partial charge in [-0.1, -0.05) is 47.8 Å². The molecule has 39 heavy (non-hydrogen) atoms. The van der Waals surface area contributed by atoms with Crippen molar-refractivity contribution in [1.29, 1.82) is 0 Å². The van der Waals surface area contributed by atoms with Gasteiger partial charge in [0.05, 0.1) is 0 Å². The minimum Gasteiger partial charge on any atom is -0.489 e. The third kappa shape index (κ3) is 6.49. The van der Waals surface area contributed by atoms with E-state index in [0.717, 1.165) is 19.3 Å². The molecular weight excluding hydrogens is 547 g/mol. The van der Waals surface area contributed by atoms with E-state index in [2.05, 4.69) is 10.6 Å². The van der Waals surface area contributed by atoms with Gasteiger partial charge in [0.2, 0.25) is 0 Å². The monoisotopic (exact) mass is 576 g/mol. The Balaban J connectivity index is 1.15. The highest BCUT2D eigenvalue weighted by molar-refractivity contribution is 6.35. The van der Waals surface area contributed by atoms with Crippen molar-refractivity contribution in [2.75, 3.05) is 6.79 Å². The van der Waals surface area contributed by atoms with Gasteiger partial charge in [-0.25, -0.2) is 4.79 Å². The summed E-state index contributed by atoms with van der Waals surface area (Å²) in [6, 6.07) is 10.9. The highest BCUT2D eigenvalue weighted by Crippen LogP contribution is 2.44. The van der Waals surface area contributed by atoms with Gasteiger partial charge in [0.15, 0.2) is 12.2 Å². The second-order valence-electron chi connectivity index (χ2n) is 10.3. The van der Waals surface area contributed by atoms with E-state index in [1.807, 2.05) is 0 Å². The molecule has 2 aromatic carbocycles. The van der Waals surface area contributed by atoms with Gasteiger partial charge in [-0.2, -0.15) is 0 Å². The van der Waals surface area contributed by atoms with E-state index in [1.54, 1.807) is 42.5 Å². The summed E-state index contributed by atoms with van der Waals surface area (Å²) in [6.07, 6.45) is 2.05. The van der Waals surface area contributed by atoms with Crippen LogP contribution in [-0.2, 0) is 36.9 Å². The van der Waals surface area contributed by atoms with Gasteiger partial charge in [-0.05, 0) is 60.9 Å². The summed E-state index contributed by atoms with van der Waals surface area (Å²) in [5, 5.41) is 16.3. The van der Waals surface area contributed by atoms with Crippen LogP contribution in [-0.4, -0.2) is 54.0 Å². The first-order valence-electron chi connectivity index (χ1n) is 13.0. The lowest BCUT2D eigenvalue weighted by atomic mass is 9.95. The Labute approximate surface area is 236 Å². The summed E-state index contributed by atoms with van der Waals surface area (Å²) >= 11 is 12.4. The summed E-state index contributed by atoms with van der Waals surface area (Å²) in [5.41, 5.74) is 1.33. The molecule has 2 amide bonds. The van der Waals surface area contributed by atoms with Crippen LogP contribution in [0.25, 0.3) is 0 Å². The van der Waals surface area contributed by atoms with Gasteiger partial charge in [0.1, 0.15) is 25.2 Å². The fourth-order valence-corrected chi connectivity index (χ4v) is 6.22. The zero-order chi connectivity index (χ0) is 27.5. The van der Waals surface area contributed by atoms with Crippen molar-refractivity contribution in [3.8, 4) is 5.75 Å². The summed E-state index contributed by atoms with van der Waals surface area (Å²) in [4.78, 5) is 37.8. The molecule has 6 atom stereocenters. The van der Waals surface area contributed by atoms with Crippen molar-refractivity contribution < 1.29 is 33.7 Å². The quantitative estimate of drug-likeness (QED) is 0.393. The van der Waals surface area contributed by atoms with E-state index >= 15 is 0 Å². The lowest BCUT2D eigenvalue weighted by Crippen LogP contribution is -2.53. The number of carboxylic acids is 1. The number of benzene rings is 2. The summed E-state index contributed by atoms with van der Waals surface area (Å²) in [7, 11) is 0. The van der Waals surface area contributed by atoms with Crippen LogP contribution in [0.3, 0.4) is 0 Å². The van der Waals surface area contributed by atoms with Crippen LogP contribution in [0.15, 0.2) is 42.5 Å². The highest BCUT2D eigenvalue weighted by atomic mass is 35.5. The molecule has 5 rings (SSSR count). The van der Waals surface area contributed by atoms with Crippen molar-refractivity contribution in [3.63, 3.8) is 0 Å². The number of amides is 2. The van der Waals surface area contributed by atoms with Crippen LogP contribution in [0.1, 0.15) is 36.8 Å². The maximum atomic E-state index is 13.0. The van der Waals surface area contributed by atoms with Crippen LogP contribution in [0.4, 0.5) is 0 Å². The molecule has 0 aromatic heterocycles. The third-order valence-electron chi connectivity index (χ3n) is 7.78. The van der Waals surface area contributed by atoms with Crippen LogP contribution in [0, 0.1) is 11.8 Å². The zero-order valence-corrected chi connectivity index (χ0v) is 22.6. The van der Waals surface area contributed by atoms with Crippen molar-refractivity contribution in [2.24, 2.45) is 11.8 Å². The third-order valence-corrected chi connectivity index (χ3v) is 8.48. The van der Waals surface area contributed by atoms with Gasteiger partial charge in [0, 0.05) is 28.1 Å². The van der Waals surface area contributed by atoms with Crippen LogP contribution >= 0.6 is 23.2 Å². The molecular formula is C28H30Cl2N2O7. The van der Waals surface area contributed by atoms with Gasteiger partial charge in [-0.3, -0.25) is 9.59 Å². The van der Waals surface area contributed by atoms with Gasteiger partial charge < -0.3 is 30.0 Å². The molecule has 208 valence electrons. The molecule has 2 aromatic rings. The Bertz CT molecular complexity index is 1200. The Kier molecular flexibility index (Phi) is 8.61. The molecule has 1 heterocycles. The van der Waals surface area contributed by atoms with Crippen molar-refractivity contribution in [2.45, 2.75) is 63.0 Å². The van der Waals surface area contributed by atoms with E-state index in [4.69, 9.17) is 37.4 Å². The number of carboxylic acid groups (broad SMARTS) is 1. The van der Waals surface area contributed by atoms with Crippen molar-refractivity contribution in [1.82, 2.24) is 10.6 Å². The van der Waals surface area contributed by atoms with E-state index in [0.29, 0.717) is 38.8 Å². The summed E-state index contributed by atoms with van der Waals surface area (Å²) < 4.78 is 16.6. The molecule has 1 aliphatic heterocycles. The van der Waals surface area contributed by atoms with Crippen LogP contribution in [0.2, 0.25) is 10.0 Å². The minimum absolute atomic E-state index is 0.0211. The molecule has 2 bridgehead atoms. The largest absolute Gasteiger partial charge is 0.489 e. The van der Waals surface area contributed by atoms with E-state index in [1.165, 1.54) is 6.42 Å². The van der Waals surface area contributed by atoms with Crippen LogP contribution in [0.5, 0.6) is 5.75 Å². The van der Waals surface area contributed by atoms with E-state index in [-0.39, 0.29) is 25.9 Å². The first-order valence-corrected chi connectivity index (χ1v) is 13.8. The normalized spacial score (nSPS) is 26.3. The molecule has 9 nitrogen and oxygen atoms in total. The lowest BCUT2D eigenvalue weighted by Gasteiger charge is -2.25. The molecule has 0 spiro atoms. The Hall–Kier alpha value is -2.85. The number of hydrogen-bond donors (Lipinski definition) is 3. The van der Waals surface area contributed by atoms with E-state index < -0.39 is 36.0 Å². The first kappa shape index (κ1) is 27.7. The Morgan fingerprint density at radius 2 is 1.67 bits per heavy atom. The standard InChI is InChI=1S/C28H30Cl2N2O7/c29-20-2-1-3-21(30)19(20)13-37-18-8-5-15(6-9-18)11-23(28(35)36)32-27(34)25-24(38-14-39-25)26(33)31-22-12-16-4-7-17(22)10-16/h1-3,5-6,8-9,16-17,22-25H,4,7,10-14H2,(H,31,33)(H,32,34)(H,35,36)/t16?,17?,22?,23?,24-,25-/m1/s1. The topological polar surface area (TPSA) is 123 Å². The molecule has 3 aliphatic rings. The Morgan fingerprint density at radius 1 is 0.974 bits per heavy atom. The van der Waals surface area contributed by atoms with Crippen molar-refractivity contribution >= 4 is 41.0 Å². The molecule has 4 unspecified atom stereocenters. The average molecular weight is 577 g/mol. The second kappa shape index (κ2) is 12.1. The number of fused-ring (bicyclic) bond motifs is 2. The number of rotatable bonds is 10. The molecule has 1 saturated heterocycles. The molecule has 0 radical (unpaired) electrons. The predicted molar refractivity (Wildman–Crippen MR) is 142 cm³/mol. The predicted octanol–water partition coefficient (Wildman–Crippen LogP) is 3.73. The van der Waals surface area contributed by atoms with Gasteiger partial charge >= 0.3 is 5.97 Å². The molecule has 2 saturated carbocycles. The smallest absolute Gasteiger partial charge is 0.326 e.